The summed E-state index contributed by atoms with van der Waals surface area (Å²) in [4.78, 5) is 27.1. The Morgan fingerprint density at radius 1 is 1.24 bits per heavy atom. The highest BCUT2D eigenvalue weighted by molar-refractivity contribution is 7.91. The van der Waals surface area contributed by atoms with Crippen LogP contribution in [0.15, 0.2) is 18.6 Å². The Morgan fingerprint density at radius 3 is 2.73 bits per heavy atom. The smallest absolute Gasteiger partial charge is 0.277 e. The first kappa shape index (κ1) is 21.8. The normalized spacial score (nSPS) is 16.5. The Bertz CT molecular complexity index is 1470. The number of hydrazine groups is 1. The maximum atomic E-state index is 12.8. The number of amides is 1. The molecule has 33 heavy (non-hydrogen) atoms. The fraction of sp³-hybridized carbons (Fsp3) is 0.400. The van der Waals surface area contributed by atoms with E-state index in [1.54, 1.807) is 18.3 Å². The van der Waals surface area contributed by atoms with E-state index in [4.69, 9.17) is 4.98 Å². The van der Waals surface area contributed by atoms with Gasteiger partial charge in [-0.05, 0) is 19.9 Å². The molecule has 0 atom stereocenters. The average Bonchev–Trinajstić information content (AvgIpc) is 3.46. The summed E-state index contributed by atoms with van der Waals surface area (Å²) in [6.45, 7) is 5.17. The maximum Gasteiger partial charge on any atom is 0.277 e. The van der Waals surface area contributed by atoms with Crippen LogP contribution < -0.4 is 10.7 Å². The van der Waals surface area contributed by atoms with Gasteiger partial charge in [0.25, 0.3) is 5.91 Å². The first-order valence-corrected chi connectivity index (χ1v) is 13.2. The Labute approximate surface area is 194 Å². The molecule has 5 heterocycles. The van der Waals surface area contributed by atoms with Crippen molar-refractivity contribution in [3.05, 3.63) is 29.2 Å². The molecule has 0 bridgehead atoms. The second-order valence-corrected chi connectivity index (χ2v) is 11.3. The minimum absolute atomic E-state index is 0.0372. The zero-order chi connectivity index (χ0) is 23.3. The molecule has 5 rings (SSSR count). The van der Waals surface area contributed by atoms with E-state index in [-0.39, 0.29) is 30.5 Å². The van der Waals surface area contributed by atoms with Gasteiger partial charge in [0.15, 0.2) is 20.8 Å². The largest absolute Gasteiger partial charge is 0.333 e. The van der Waals surface area contributed by atoms with Crippen molar-refractivity contribution in [2.24, 2.45) is 7.05 Å². The lowest BCUT2D eigenvalue weighted by Gasteiger charge is -2.26. The van der Waals surface area contributed by atoms with Crippen LogP contribution in [-0.4, -0.2) is 68.0 Å². The summed E-state index contributed by atoms with van der Waals surface area (Å²) in [7, 11) is -1.07. The number of aromatic nitrogens is 5. The van der Waals surface area contributed by atoms with Gasteiger partial charge in [0.05, 0.1) is 29.0 Å². The predicted molar refractivity (Wildman–Crippen MR) is 128 cm³/mol. The van der Waals surface area contributed by atoms with Crippen molar-refractivity contribution in [1.82, 2.24) is 34.5 Å². The van der Waals surface area contributed by atoms with Gasteiger partial charge in [-0.25, -0.2) is 28.4 Å². The third-order valence-electron chi connectivity index (χ3n) is 5.74. The van der Waals surface area contributed by atoms with Gasteiger partial charge in [0.1, 0.15) is 16.0 Å². The van der Waals surface area contributed by atoms with Gasteiger partial charge in [-0.2, -0.15) is 0 Å². The molecule has 13 heteroatoms. The molecular formula is C20H24N8O3S2. The zero-order valence-corrected chi connectivity index (χ0v) is 20.1. The zero-order valence-electron chi connectivity index (χ0n) is 18.5. The molecule has 4 aromatic heterocycles. The molecular weight excluding hydrogens is 464 g/mol. The highest BCUT2D eigenvalue weighted by atomic mass is 32.2. The van der Waals surface area contributed by atoms with E-state index in [1.165, 1.54) is 11.3 Å². The second kappa shape index (κ2) is 8.08. The van der Waals surface area contributed by atoms with Crippen LogP contribution in [0.5, 0.6) is 0 Å². The molecule has 0 radical (unpaired) electrons. The number of nitrogens with one attached hydrogen (secondary N) is 2. The quantitative estimate of drug-likeness (QED) is 0.436. The van der Waals surface area contributed by atoms with Crippen LogP contribution in [0.1, 0.15) is 22.3 Å². The highest BCUT2D eigenvalue weighted by Gasteiger charge is 2.25. The van der Waals surface area contributed by atoms with E-state index in [2.05, 4.69) is 32.2 Å². The Morgan fingerprint density at radius 2 is 2.00 bits per heavy atom. The Hall–Kier alpha value is -3.03. The number of hydrogen-bond donors (Lipinski definition) is 2. The SMILES string of the molecule is CCn1ccc2c3c(ncn3C)c(Nc3nc(C)c(C(=O)NN4CCS(=O)(=O)CC4)s3)nc21. The summed E-state index contributed by atoms with van der Waals surface area (Å²) in [6.07, 6.45) is 3.76. The van der Waals surface area contributed by atoms with Crippen molar-refractivity contribution in [3.8, 4) is 0 Å². The minimum Gasteiger partial charge on any atom is -0.333 e. The molecule has 1 fully saturated rings. The number of aryl methyl sites for hydroxylation is 3. The molecule has 1 aliphatic rings. The van der Waals surface area contributed by atoms with Gasteiger partial charge >= 0.3 is 0 Å². The number of rotatable bonds is 5. The van der Waals surface area contributed by atoms with Crippen LogP contribution in [0.3, 0.4) is 0 Å². The molecule has 4 aromatic rings. The standard InChI is InChI=1S/C20H24N8O3S2/c1-4-27-6-5-13-15-14(21-11-26(15)3)17(23-18(13)27)24-20-22-12(2)16(32-20)19(29)25-28-7-9-33(30,31)10-8-28/h5-6,11H,4,7-10H2,1-3H3,(H,25,29)(H,22,23,24). The van der Waals surface area contributed by atoms with Gasteiger partial charge in [0.2, 0.25) is 0 Å². The van der Waals surface area contributed by atoms with Crippen molar-refractivity contribution >= 4 is 60.1 Å². The number of imidazole rings is 1. The Balaban J connectivity index is 1.42. The van der Waals surface area contributed by atoms with Crippen LogP contribution in [0.2, 0.25) is 0 Å². The lowest BCUT2D eigenvalue weighted by Crippen LogP contribution is -2.50. The summed E-state index contributed by atoms with van der Waals surface area (Å²) in [6, 6.07) is 2.04. The number of sulfone groups is 1. The average molecular weight is 489 g/mol. The van der Waals surface area contributed by atoms with Crippen LogP contribution >= 0.6 is 11.3 Å². The van der Waals surface area contributed by atoms with Crippen molar-refractivity contribution in [3.63, 3.8) is 0 Å². The second-order valence-electron chi connectivity index (χ2n) is 7.99. The third kappa shape index (κ3) is 3.96. The maximum absolute atomic E-state index is 12.8. The van der Waals surface area contributed by atoms with E-state index >= 15 is 0 Å². The van der Waals surface area contributed by atoms with E-state index in [1.807, 2.05) is 23.9 Å². The molecule has 0 spiro atoms. The minimum atomic E-state index is -3.02. The number of carbonyl (C=O) groups is 1. The van der Waals surface area contributed by atoms with Gasteiger partial charge in [-0.1, -0.05) is 11.3 Å². The third-order valence-corrected chi connectivity index (χ3v) is 8.42. The van der Waals surface area contributed by atoms with Crippen molar-refractivity contribution < 1.29 is 13.2 Å². The molecule has 0 unspecified atom stereocenters. The summed E-state index contributed by atoms with van der Waals surface area (Å²) in [5.41, 5.74) is 5.93. The summed E-state index contributed by atoms with van der Waals surface area (Å²) in [5.74, 6) is 0.349. The molecule has 0 aromatic carbocycles. The highest BCUT2D eigenvalue weighted by Crippen LogP contribution is 2.32. The van der Waals surface area contributed by atoms with Crippen LogP contribution in [0.25, 0.3) is 22.1 Å². The fourth-order valence-corrected chi connectivity index (χ4v) is 6.03. The number of fused-ring (bicyclic) bond motifs is 3. The predicted octanol–water partition coefficient (Wildman–Crippen LogP) is 1.83. The first-order chi connectivity index (χ1) is 15.8. The fourth-order valence-electron chi connectivity index (χ4n) is 3.98. The Kier molecular flexibility index (Phi) is 5.34. The van der Waals surface area contributed by atoms with Crippen LogP contribution in [0.4, 0.5) is 10.9 Å². The molecule has 0 saturated carbocycles. The summed E-state index contributed by atoms with van der Waals surface area (Å²) < 4.78 is 27.3. The van der Waals surface area contributed by atoms with Crippen LogP contribution in [0, 0.1) is 6.92 Å². The number of anilines is 2. The summed E-state index contributed by atoms with van der Waals surface area (Å²) >= 11 is 1.22. The molecule has 0 aliphatic carbocycles. The molecule has 1 amide bonds. The first-order valence-electron chi connectivity index (χ1n) is 10.6. The molecule has 1 saturated heterocycles. The number of hydrogen-bond acceptors (Lipinski definition) is 9. The van der Waals surface area contributed by atoms with E-state index in [0.717, 1.165) is 28.6 Å². The number of carbonyl (C=O) groups excluding carboxylic acids is 1. The lowest BCUT2D eigenvalue weighted by atomic mass is 10.3. The number of pyridine rings is 1. The lowest BCUT2D eigenvalue weighted by molar-refractivity contribution is 0.0806. The molecule has 1 aliphatic heterocycles. The van der Waals surface area contributed by atoms with E-state index in [0.29, 0.717) is 21.5 Å². The number of thiazole rings is 1. The van der Waals surface area contributed by atoms with Gasteiger partial charge in [-0.3, -0.25) is 10.2 Å². The van der Waals surface area contributed by atoms with Crippen molar-refractivity contribution in [2.45, 2.75) is 20.4 Å². The van der Waals surface area contributed by atoms with Gasteiger partial charge < -0.3 is 14.5 Å². The molecule has 2 N–H and O–H groups in total. The van der Waals surface area contributed by atoms with E-state index < -0.39 is 9.84 Å². The molecule has 174 valence electrons. The van der Waals surface area contributed by atoms with Gasteiger partial charge in [0, 0.05) is 38.3 Å². The van der Waals surface area contributed by atoms with E-state index in [9.17, 15) is 13.2 Å². The van der Waals surface area contributed by atoms with Crippen LogP contribution in [-0.2, 0) is 23.4 Å². The monoisotopic (exact) mass is 488 g/mol. The number of nitrogens with zero attached hydrogens (tertiary/aromatic N) is 6. The van der Waals surface area contributed by atoms with Gasteiger partial charge in [-0.15, -0.1) is 0 Å². The van der Waals surface area contributed by atoms with Crippen molar-refractivity contribution in [2.75, 3.05) is 29.9 Å². The topological polar surface area (TPSA) is 127 Å². The summed E-state index contributed by atoms with van der Waals surface area (Å²) in [5, 5.41) is 6.46. The molecule has 11 nitrogen and oxygen atoms in total. The van der Waals surface area contributed by atoms with Crippen molar-refractivity contribution in [1.29, 1.82) is 0 Å².